The summed E-state index contributed by atoms with van der Waals surface area (Å²) in [6.45, 7) is 3.55. The number of hydrogen-bond acceptors (Lipinski definition) is 4. The third-order valence-corrected chi connectivity index (χ3v) is 5.73. The van der Waals surface area contributed by atoms with Crippen molar-refractivity contribution < 1.29 is 9.59 Å². The van der Waals surface area contributed by atoms with E-state index in [4.69, 9.17) is 0 Å². The molecule has 0 saturated carbocycles. The minimum atomic E-state index is -0.309. The summed E-state index contributed by atoms with van der Waals surface area (Å²) in [7, 11) is 1.98. The summed E-state index contributed by atoms with van der Waals surface area (Å²) in [6.07, 6.45) is 5.74. The Morgan fingerprint density at radius 1 is 1.07 bits per heavy atom. The van der Waals surface area contributed by atoms with Crippen molar-refractivity contribution in [3.05, 3.63) is 48.3 Å². The zero-order valence-electron chi connectivity index (χ0n) is 16.3. The predicted octanol–water partition coefficient (Wildman–Crippen LogP) is 1.30. The van der Waals surface area contributed by atoms with Crippen LogP contribution in [0.1, 0.15) is 18.4 Å². The molecule has 2 amide bonds. The number of piperazine rings is 1. The van der Waals surface area contributed by atoms with E-state index in [1.54, 1.807) is 11.1 Å². The zero-order chi connectivity index (χ0) is 19.5. The van der Waals surface area contributed by atoms with Crippen molar-refractivity contribution in [3.63, 3.8) is 0 Å². The lowest BCUT2D eigenvalue weighted by Gasteiger charge is -2.37. The normalized spacial score (nSPS) is 19.9. The average molecular weight is 381 g/mol. The molecule has 28 heavy (non-hydrogen) atoms. The topological polar surface area (TPSA) is 61.7 Å². The van der Waals surface area contributed by atoms with Crippen LogP contribution in [0.5, 0.6) is 0 Å². The van der Waals surface area contributed by atoms with Gasteiger partial charge in [-0.2, -0.15) is 0 Å². The largest absolute Gasteiger partial charge is 0.339 e. The number of anilines is 1. The number of nitrogens with zero attached hydrogens (tertiary/aromatic N) is 5. The second-order valence-corrected chi connectivity index (χ2v) is 7.56. The number of rotatable bonds is 4. The maximum Gasteiger partial charge on any atom is 0.245 e. The van der Waals surface area contributed by atoms with Gasteiger partial charge in [0.05, 0.1) is 6.42 Å². The van der Waals surface area contributed by atoms with E-state index < -0.39 is 0 Å². The molecule has 3 heterocycles. The fourth-order valence-electron chi connectivity index (χ4n) is 4.19. The Hall–Kier alpha value is -2.83. The molecule has 2 aliphatic heterocycles. The molecular formula is C21H27N5O2. The van der Waals surface area contributed by atoms with Crippen molar-refractivity contribution in [2.24, 2.45) is 7.05 Å². The number of carbonyl (C=O) groups is 2. The third kappa shape index (κ3) is 3.74. The van der Waals surface area contributed by atoms with Crippen molar-refractivity contribution in [2.45, 2.75) is 25.3 Å². The first-order valence-corrected chi connectivity index (χ1v) is 9.98. The first-order chi connectivity index (χ1) is 13.6. The Labute approximate surface area is 165 Å². The molecule has 2 fully saturated rings. The second kappa shape index (κ2) is 8.04. The molecule has 0 N–H and O–H groups in total. The lowest BCUT2D eigenvalue weighted by atomic mass is 10.1. The van der Waals surface area contributed by atoms with Crippen molar-refractivity contribution in [3.8, 4) is 0 Å². The highest BCUT2D eigenvalue weighted by Crippen LogP contribution is 2.22. The standard InChI is InChI=1S/C21H27N5O2/c1-23-11-9-22-21(23)25-14-12-24(13-15-25)20(28)18-8-5-10-26(18)19(27)16-17-6-3-2-4-7-17/h2-4,6-7,9,11,18H,5,8,10,12-16H2,1H3. The highest BCUT2D eigenvalue weighted by Gasteiger charge is 2.37. The summed E-state index contributed by atoms with van der Waals surface area (Å²) in [5.74, 6) is 1.08. The first kappa shape index (κ1) is 18.5. The molecule has 2 aromatic rings. The Bertz CT molecular complexity index is 826. The van der Waals surface area contributed by atoms with Gasteiger partial charge in [0.1, 0.15) is 6.04 Å². The van der Waals surface area contributed by atoms with E-state index in [0.717, 1.165) is 37.4 Å². The van der Waals surface area contributed by atoms with Crippen LogP contribution in [0.4, 0.5) is 5.95 Å². The summed E-state index contributed by atoms with van der Waals surface area (Å²) in [4.78, 5) is 36.2. The molecule has 1 unspecified atom stereocenters. The number of benzene rings is 1. The molecule has 1 aromatic heterocycles. The van der Waals surface area contributed by atoms with Gasteiger partial charge in [-0.15, -0.1) is 0 Å². The van der Waals surface area contributed by atoms with Crippen LogP contribution in [-0.4, -0.2) is 69.9 Å². The summed E-state index contributed by atoms with van der Waals surface area (Å²) in [5, 5.41) is 0. The fraction of sp³-hybridized carbons (Fsp3) is 0.476. The Balaban J connectivity index is 1.36. The number of hydrogen-bond donors (Lipinski definition) is 0. The number of aryl methyl sites for hydroxylation is 1. The van der Waals surface area contributed by atoms with Gasteiger partial charge in [0.15, 0.2) is 0 Å². The number of aromatic nitrogens is 2. The SMILES string of the molecule is Cn1ccnc1N1CCN(C(=O)C2CCCN2C(=O)Cc2ccccc2)CC1. The lowest BCUT2D eigenvalue weighted by Crippen LogP contribution is -2.55. The molecule has 0 aliphatic carbocycles. The van der Waals surface area contributed by atoms with Crippen molar-refractivity contribution >= 4 is 17.8 Å². The van der Waals surface area contributed by atoms with Gasteiger partial charge < -0.3 is 19.3 Å². The molecule has 0 spiro atoms. The Kier molecular flexibility index (Phi) is 5.32. The summed E-state index contributed by atoms with van der Waals surface area (Å²) >= 11 is 0. The average Bonchev–Trinajstić information content (AvgIpc) is 3.37. The number of carbonyl (C=O) groups excluding carboxylic acids is 2. The van der Waals surface area contributed by atoms with Gasteiger partial charge in [-0.1, -0.05) is 30.3 Å². The van der Waals surface area contributed by atoms with E-state index in [2.05, 4.69) is 9.88 Å². The minimum Gasteiger partial charge on any atom is -0.339 e. The van der Waals surface area contributed by atoms with Crippen molar-refractivity contribution in [1.82, 2.24) is 19.4 Å². The molecule has 7 nitrogen and oxygen atoms in total. The molecule has 0 radical (unpaired) electrons. The van der Waals surface area contributed by atoms with E-state index in [0.29, 0.717) is 26.1 Å². The van der Waals surface area contributed by atoms with Gasteiger partial charge in [-0.25, -0.2) is 4.98 Å². The van der Waals surface area contributed by atoms with Gasteiger partial charge >= 0.3 is 0 Å². The molecule has 7 heteroatoms. The number of likely N-dealkylation sites (tertiary alicyclic amines) is 1. The molecule has 0 bridgehead atoms. The molecular weight excluding hydrogens is 354 g/mol. The number of amides is 2. The van der Waals surface area contributed by atoms with E-state index in [1.807, 2.05) is 53.0 Å². The maximum atomic E-state index is 13.1. The smallest absolute Gasteiger partial charge is 0.245 e. The van der Waals surface area contributed by atoms with Crippen LogP contribution in [0.3, 0.4) is 0 Å². The quantitative estimate of drug-likeness (QED) is 0.801. The van der Waals surface area contributed by atoms with Gasteiger partial charge in [0.2, 0.25) is 17.8 Å². The third-order valence-electron chi connectivity index (χ3n) is 5.73. The van der Waals surface area contributed by atoms with Crippen LogP contribution < -0.4 is 4.90 Å². The molecule has 1 atom stereocenters. The molecule has 2 aliphatic rings. The van der Waals surface area contributed by atoms with Gasteiger partial charge in [0, 0.05) is 52.2 Å². The van der Waals surface area contributed by atoms with Crippen LogP contribution in [-0.2, 0) is 23.1 Å². The van der Waals surface area contributed by atoms with E-state index in [9.17, 15) is 9.59 Å². The van der Waals surface area contributed by atoms with Crippen molar-refractivity contribution in [1.29, 1.82) is 0 Å². The zero-order valence-corrected chi connectivity index (χ0v) is 16.3. The summed E-state index contributed by atoms with van der Waals surface area (Å²) in [6, 6.07) is 9.44. The minimum absolute atomic E-state index is 0.0497. The van der Waals surface area contributed by atoms with Gasteiger partial charge in [0.25, 0.3) is 0 Å². The Morgan fingerprint density at radius 2 is 1.82 bits per heavy atom. The molecule has 2 saturated heterocycles. The lowest BCUT2D eigenvalue weighted by molar-refractivity contribution is -0.143. The van der Waals surface area contributed by atoms with Gasteiger partial charge in [-0.3, -0.25) is 9.59 Å². The highest BCUT2D eigenvalue weighted by molar-refractivity contribution is 5.89. The van der Waals surface area contributed by atoms with Gasteiger partial charge in [-0.05, 0) is 18.4 Å². The van der Waals surface area contributed by atoms with Crippen LogP contribution in [0.25, 0.3) is 0 Å². The monoisotopic (exact) mass is 381 g/mol. The van der Waals surface area contributed by atoms with Crippen LogP contribution in [0.15, 0.2) is 42.7 Å². The highest BCUT2D eigenvalue weighted by atomic mass is 16.2. The van der Waals surface area contributed by atoms with E-state index in [1.165, 1.54) is 0 Å². The molecule has 4 rings (SSSR count). The van der Waals surface area contributed by atoms with E-state index in [-0.39, 0.29) is 17.9 Å². The van der Waals surface area contributed by atoms with E-state index >= 15 is 0 Å². The number of imidazole rings is 1. The maximum absolute atomic E-state index is 13.1. The van der Waals surface area contributed by atoms with Crippen LogP contribution in [0.2, 0.25) is 0 Å². The fourth-order valence-corrected chi connectivity index (χ4v) is 4.19. The van der Waals surface area contributed by atoms with Crippen molar-refractivity contribution in [2.75, 3.05) is 37.6 Å². The summed E-state index contributed by atoms with van der Waals surface area (Å²) < 4.78 is 2.00. The van der Waals surface area contributed by atoms with Crippen LogP contribution >= 0.6 is 0 Å². The molecule has 148 valence electrons. The molecule has 1 aromatic carbocycles. The predicted molar refractivity (Wildman–Crippen MR) is 107 cm³/mol. The summed E-state index contributed by atoms with van der Waals surface area (Å²) in [5.41, 5.74) is 0.995. The van der Waals surface area contributed by atoms with Crippen LogP contribution in [0, 0.1) is 0 Å². The second-order valence-electron chi connectivity index (χ2n) is 7.56. The Morgan fingerprint density at radius 3 is 2.50 bits per heavy atom. The first-order valence-electron chi connectivity index (χ1n) is 9.98.